The zero-order valence-corrected chi connectivity index (χ0v) is 18.7. The van der Waals surface area contributed by atoms with Crippen molar-refractivity contribution in [1.29, 1.82) is 0 Å². The maximum Gasteiger partial charge on any atom is 0.271 e. The van der Waals surface area contributed by atoms with E-state index in [0.717, 1.165) is 0 Å². The fraction of sp³-hybridized carbons (Fsp3) is 0.174. The Hall–Kier alpha value is -3.98. The first-order valence-electron chi connectivity index (χ1n) is 10.1. The molecule has 10 heteroatoms. The van der Waals surface area contributed by atoms with Gasteiger partial charge in [0.05, 0.1) is 22.5 Å². The highest BCUT2D eigenvalue weighted by Gasteiger charge is 2.24. The molecule has 0 fully saturated rings. The van der Waals surface area contributed by atoms with Gasteiger partial charge in [0.25, 0.3) is 17.5 Å². The standard InChI is InChI=1S/C23H22ClN5O4/c1-15(2)21(26-22(30)16-6-3-7-17(24)12-16)23(31)27-25-14-20-10-5-11-28(20)18-8-4-9-19(13-18)29(32)33/h3-15,21H,1-2H3,(H,26,30)(H,27,31)/b25-14-. The molecule has 0 aliphatic carbocycles. The number of non-ortho nitro benzene ring substituents is 1. The van der Waals surface area contributed by atoms with Crippen LogP contribution in [0.5, 0.6) is 0 Å². The van der Waals surface area contributed by atoms with Crippen molar-refractivity contribution in [3.63, 3.8) is 0 Å². The van der Waals surface area contributed by atoms with E-state index in [1.54, 1.807) is 67.1 Å². The van der Waals surface area contributed by atoms with Crippen molar-refractivity contribution >= 4 is 35.3 Å². The van der Waals surface area contributed by atoms with E-state index < -0.39 is 22.8 Å². The Balaban J connectivity index is 1.70. The molecule has 9 nitrogen and oxygen atoms in total. The fourth-order valence-electron chi connectivity index (χ4n) is 3.11. The van der Waals surface area contributed by atoms with Crippen LogP contribution in [0.2, 0.25) is 5.02 Å². The summed E-state index contributed by atoms with van der Waals surface area (Å²) in [6, 6.07) is 15.3. The molecule has 170 valence electrons. The van der Waals surface area contributed by atoms with Crippen molar-refractivity contribution in [3.8, 4) is 5.69 Å². The Morgan fingerprint density at radius 2 is 1.88 bits per heavy atom. The number of halogens is 1. The van der Waals surface area contributed by atoms with Gasteiger partial charge < -0.3 is 9.88 Å². The van der Waals surface area contributed by atoms with Crippen molar-refractivity contribution in [1.82, 2.24) is 15.3 Å². The molecule has 2 aromatic carbocycles. The number of hydrazone groups is 1. The van der Waals surface area contributed by atoms with Gasteiger partial charge in [-0.1, -0.05) is 37.6 Å². The molecule has 3 rings (SSSR count). The summed E-state index contributed by atoms with van der Waals surface area (Å²) >= 11 is 5.94. The van der Waals surface area contributed by atoms with Crippen LogP contribution in [0.3, 0.4) is 0 Å². The predicted molar refractivity (Wildman–Crippen MR) is 126 cm³/mol. The third-order valence-corrected chi connectivity index (χ3v) is 5.03. The first kappa shape index (κ1) is 23.7. The first-order valence-corrected chi connectivity index (χ1v) is 10.5. The van der Waals surface area contributed by atoms with Gasteiger partial charge in [-0.25, -0.2) is 5.43 Å². The molecule has 1 aromatic heterocycles. The smallest absolute Gasteiger partial charge is 0.271 e. The number of carbonyl (C=O) groups is 2. The number of hydrogen-bond acceptors (Lipinski definition) is 5. The van der Waals surface area contributed by atoms with Crippen LogP contribution < -0.4 is 10.7 Å². The minimum atomic E-state index is -0.822. The topological polar surface area (TPSA) is 119 Å². The third-order valence-electron chi connectivity index (χ3n) is 4.79. The molecule has 1 heterocycles. The maximum atomic E-state index is 12.7. The molecular weight excluding hydrogens is 446 g/mol. The van der Waals surface area contributed by atoms with Crippen LogP contribution >= 0.6 is 11.6 Å². The van der Waals surface area contributed by atoms with E-state index in [1.165, 1.54) is 24.4 Å². The van der Waals surface area contributed by atoms with Crippen LogP contribution in [0.25, 0.3) is 5.69 Å². The fourth-order valence-corrected chi connectivity index (χ4v) is 3.30. The lowest BCUT2D eigenvalue weighted by Gasteiger charge is -2.20. The van der Waals surface area contributed by atoms with Crippen LogP contribution in [0.1, 0.15) is 29.9 Å². The molecule has 0 spiro atoms. The highest BCUT2D eigenvalue weighted by Crippen LogP contribution is 2.18. The monoisotopic (exact) mass is 467 g/mol. The molecule has 1 atom stereocenters. The Morgan fingerprint density at radius 1 is 1.12 bits per heavy atom. The lowest BCUT2D eigenvalue weighted by Crippen LogP contribution is -2.48. The van der Waals surface area contributed by atoms with Crippen molar-refractivity contribution in [2.75, 3.05) is 0 Å². The van der Waals surface area contributed by atoms with Gasteiger partial charge in [0, 0.05) is 28.9 Å². The summed E-state index contributed by atoms with van der Waals surface area (Å²) in [7, 11) is 0. The Labute approximate surface area is 195 Å². The number of aromatic nitrogens is 1. The van der Waals surface area contributed by atoms with Crippen molar-refractivity contribution in [2.45, 2.75) is 19.9 Å². The van der Waals surface area contributed by atoms with E-state index in [2.05, 4.69) is 15.8 Å². The molecule has 3 aromatic rings. The maximum absolute atomic E-state index is 12.7. The highest BCUT2D eigenvalue weighted by molar-refractivity contribution is 6.31. The zero-order valence-electron chi connectivity index (χ0n) is 17.9. The van der Waals surface area contributed by atoms with E-state index in [0.29, 0.717) is 22.0 Å². The van der Waals surface area contributed by atoms with E-state index in [4.69, 9.17) is 11.6 Å². The van der Waals surface area contributed by atoms with Crippen LogP contribution in [0.4, 0.5) is 5.69 Å². The number of benzene rings is 2. The number of nitrogens with zero attached hydrogens (tertiary/aromatic N) is 3. The van der Waals surface area contributed by atoms with Crippen LogP contribution in [0.15, 0.2) is 72.0 Å². The highest BCUT2D eigenvalue weighted by atomic mass is 35.5. The molecular formula is C23H22ClN5O4. The van der Waals surface area contributed by atoms with Crippen LogP contribution in [0, 0.1) is 16.0 Å². The van der Waals surface area contributed by atoms with Crippen molar-refractivity contribution in [2.24, 2.45) is 11.0 Å². The number of nitro benzene ring substituents is 1. The summed E-state index contributed by atoms with van der Waals surface area (Å²) in [5.74, 6) is -1.10. The minimum absolute atomic E-state index is 0.0346. The Bertz CT molecular complexity index is 1200. The largest absolute Gasteiger partial charge is 0.340 e. The summed E-state index contributed by atoms with van der Waals surface area (Å²) in [4.78, 5) is 35.8. The van der Waals surface area contributed by atoms with Gasteiger partial charge in [0.1, 0.15) is 6.04 Å². The van der Waals surface area contributed by atoms with Gasteiger partial charge in [0.2, 0.25) is 0 Å². The summed E-state index contributed by atoms with van der Waals surface area (Å²) in [6.45, 7) is 3.61. The van der Waals surface area contributed by atoms with Crippen LogP contribution in [-0.4, -0.2) is 33.6 Å². The molecule has 1 unspecified atom stereocenters. The molecule has 2 amide bonds. The average molecular weight is 468 g/mol. The second kappa shape index (κ2) is 10.6. The molecule has 0 aliphatic heterocycles. The number of hydrogen-bond donors (Lipinski definition) is 2. The minimum Gasteiger partial charge on any atom is -0.340 e. The number of nitro groups is 1. The van der Waals surface area contributed by atoms with Crippen molar-refractivity contribution in [3.05, 3.63) is 93.3 Å². The number of nitrogens with one attached hydrogen (secondary N) is 2. The SMILES string of the molecule is CC(C)C(NC(=O)c1cccc(Cl)c1)C(=O)N/N=C\c1cccn1-c1cccc([N+](=O)[O-])c1. The number of amides is 2. The molecule has 2 N–H and O–H groups in total. The van der Waals surface area contributed by atoms with Gasteiger partial charge in [-0.15, -0.1) is 0 Å². The van der Waals surface area contributed by atoms with Gasteiger partial charge >= 0.3 is 0 Å². The van der Waals surface area contributed by atoms with Crippen LogP contribution in [-0.2, 0) is 4.79 Å². The molecule has 0 aliphatic rings. The average Bonchev–Trinajstić information content (AvgIpc) is 3.25. The molecule has 0 saturated heterocycles. The second-order valence-corrected chi connectivity index (χ2v) is 7.96. The lowest BCUT2D eigenvalue weighted by molar-refractivity contribution is -0.384. The first-order chi connectivity index (χ1) is 15.8. The van der Waals surface area contributed by atoms with Gasteiger partial charge in [0.15, 0.2) is 0 Å². The summed E-state index contributed by atoms with van der Waals surface area (Å²) < 4.78 is 1.70. The molecule has 0 bridgehead atoms. The third kappa shape index (κ3) is 6.05. The normalized spacial score (nSPS) is 12.0. The van der Waals surface area contributed by atoms with E-state index in [1.807, 2.05) is 0 Å². The Kier molecular flexibility index (Phi) is 7.57. The number of rotatable bonds is 8. The predicted octanol–water partition coefficient (Wildman–Crippen LogP) is 3.94. The van der Waals surface area contributed by atoms with Crippen molar-refractivity contribution < 1.29 is 14.5 Å². The molecule has 0 radical (unpaired) electrons. The van der Waals surface area contributed by atoms with E-state index in [-0.39, 0.29) is 11.6 Å². The Morgan fingerprint density at radius 3 is 2.58 bits per heavy atom. The quantitative estimate of drug-likeness (QED) is 0.296. The lowest BCUT2D eigenvalue weighted by atomic mass is 10.0. The van der Waals surface area contributed by atoms with Gasteiger partial charge in [-0.05, 0) is 42.3 Å². The summed E-state index contributed by atoms with van der Waals surface area (Å²) in [5, 5.41) is 18.2. The zero-order chi connectivity index (χ0) is 24.0. The van der Waals surface area contributed by atoms with Gasteiger partial charge in [-0.3, -0.25) is 19.7 Å². The second-order valence-electron chi connectivity index (χ2n) is 7.52. The van der Waals surface area contributed by atoms with Gasteiger partial charge in [-0.2, -0.15) is 5.10 Å². The summed E-state index contributed by atoms with van der Waals surface area (Å²) in [5.41, 5.74) is 3.94. The summed E-state index contributed by atoms with van der Waals surface area (Å²) in [6.07, 6.45) is 3.15. The van der Waals surface area contributed by atoms with E-state index >= 15 is 0 Å². The number of carbonyl (C=O) groups excluding carboxylic acids is 2. The molecule has 0 saturated carbocycles. The molecule has 33 heavy (non-hydrogen) atoms. The van der Waals surface area contributed by atoms with E-state index in [9.17, 15) is 19.7 Å².